The number of nitrogens with zero attached hydrogens (tertiary/aromatic N) is 2. The van der Waals surface area contributed by atoms with E-state index in [0.29, 0.717) is 5.75 Å². The lowest BCUT2D eigenvalue weighted by Gasteiger charge is -2.44. The van der Waals surface area contributed by atoms with E-state index >= 15 is 0 Å². The fourth-order valence-electron chi connectivity index (χ4n) is 4.54. The number of ether oxygens (including phenoxy) is 1. The zero-order valence-electron chi connectivity index (χ0n) is 17.8. The molecule has 0 spiro atoms. The largest absolute Gasteiger partial charge is 0.507 e. The van der Waals surface area contributed by atoms with Gasteiger partial charge in [-0.3, -0.25) is 0 Å². The molecule has 2 heterocycles. The van der Waals surface area contributed by atoms with E-state index in [0.717, 1.165) is 72.0 Å². The Morgan fingerprint density at radius 1 is 1.00 bits per heavy atom. The highest BCUT2D eigenvalue weighted by Gasteiger charge is 2.40. The Morgan fingerprint density at radius 3 is 2.31 bits per heavy atom. The van der Waals surface area contributed by atoms with Gasteiger partial charge in [0, 0.05) is 37.4 Å². The molecule has 0 amide bonds. The van der Waals surface area contributed by atoms with Crippen LogP contribution in [0.15, 0.2) is 30.3 Å². The van der Waals surface area contributed by atoms with Crippen molar-refractivity contribution in [2.24, 2.45) is 0 Å². The molecule has 0 saturated carbocycles. The highest BCUT2D eigenvalue weighted by Crippen LogP contribution is 2.44. The standard InChI is InChI=1S/C24H30N2O2S/c1-16-17(2)22-20(18(3)21(16)27)10-11-24(4,28-22)23(29)26-14-12-25(13-15-26)19-8-6-5-7-9-19/h5-9,27H,10-15H2,1-4H3. The number of piperazine rings is 1. The van der Waals surface area contributed by atoms with Crippen molar-refractivity contribution >= 4 is 22.9 Å². The Balaban J connectivity index is 1.50. The molecule has 4 rings (SSSR count). The summed E-state index contributed by atoms with van der Waals surface area (Å²) >= 11 is 5.96. The Hall–Kier alpha value is -2.27. The second-order valence-corrected chi connectivity index (χ2v) is 8.87. The van der Waals surface area contributed by atoms with E-state index in [4.69, 9.17) is 17.0 Å². The maximum atomic E-state index is 10.4. The molecular weight excluding hydrogens is 380 g/mol. The summed E-state index contributed by atoms with van der Waals surface area (Å²) in [5.74, 6) is 1.31. The van der Waals surface area contributed by atoms with Crippen molar-refractivity contribution in [3.05, 3.63) is 52.6 Å². The number of hydrogen-bond donors (Lipinski definition) is 1. The molecule has 2 aliphatic heterocycles. The number of benzene rings is 2. The van der Waals surface area contributed by atoms with Crippen LogP contribution < -0.4 is 9.64 Å². The summed E-state index contributed by atoms with van der Waals surface area (Å²) in [6.45, 7) is 11.8. The Morgan fingerprint density at radius 2 is 1.66 bits per heavy atom. The maximum absolute atomic E-state index is 10.4. The van der Waals surface area contributed by atoms with E-state index in [1.165, 1.54) is 5.69 Å². The normalized spacial score (nSPS) is 21.5. The summed E-state index contributed by atoms with van der Waals surface area (Å²) in [5, 5.41) is 10.4. The van der Waals surface area contributed by atoms with Crippen molar-refractivity contribution in [1.29, 1.82) is 0 Å². The number of aromatic hydroxyl groups is 1. The van der Waals surface area contributed by atoms with Gasteiger partial charge in [-0.2, -0.15) is 0 Å². The first-order chi connectivity index (χ1) is 13.8. The molecule has 1 atom stereocenters. The van der Waals surface area contributed by atoms with Crippen LogP contribution >= 0.6 is 12.2 Å². The second kappa shape index (κ2) is 7.52. The average Bonchev–Trinajstić information content (AvgIpc) is 2.76. The van der Waals surface area contributed by atoms with Crippen LogP contribution in [-0.2, 0) is 6.42 Å². The number of phenols is 1. The van der Waals surface area contributed by atoms with Crippen LogP contribution in [0, 0.1) is 20.8 Å². The Labute approximate surface area is 179 Å². The van der Waals surface area contributed by atoms with E-state index in [1.807, 2.05) is 20.8 Å². The predicted molar refractivity (Wildman–Crippen MR) is 122 cm³/mol. The van der Waals surface area contributed by atoms with Crippen LogP contribution in [0.3, 0.4) is 0 Å². The molecule has 4 nitrogen and oxygen atoms in total. The minimum Gasteiger partial charge on any atom is -0.507 e. The van der Waals surface area contributed by atoms with Crippen molar-refractivity contribution in [3.8, 4) is 11.5 Å². The minimum absolute atomic E-state index is 0.396. The van der Waals surface area contributed by atoms with Crippen LogP contribution in [0.2, 0.25) is 0 Å². The first-order valence-electron chi connectivity index (χ1n) is 10.4. The zero-order valence-corrected chi connectivity index (χ0v) is 18.6. The van der Waals surface area contributed by atoms with Gasteiger partial charge in [0.25, 0.3) is 0 Å². The lowest BCUT2D eigenvalue weighted by molar-refractivity contribution is 0.119. The summed E-state index contributed by atoms with van der Waals surface area (Å²) in [6.07, 6.45) is 1.71. The number of para-hydroxylation sites is 1. The first kappa shape index (κ1) is 20.0. The van der Waals surface area contributed by atoms with E-state index in [2.05, 4.69) is 47.1 Å². The van der Waals surface area contributed by atoms with Gasteiger partial charge < -0.3 is 19.6 Å². The molecule has 2 aromatic carbocycles. The number of thiocarbonyl (C=S) groups is 1. The molecule has 0 bridgehead atoms. The summed E-state index contributed by atoms with van der Waals surface area (Å²) in [7, 11) is 0. The Kier molecular flexibility index (Phi) is 5.19. The van der Waals surface area contributed by atoms with E-state index < -0.39 is 5.60 Å². The van der Waals surface area contributed by atoms with Gasteiger partial charge >= 0.3 is 0 Å². The van der Waals surface area contributed by atoms with Crippen molar-refractivity contribution in [3.63, 3.8) is 0 Å². The molecule has 1 N–H and O–H groups in total. The molecule has 29 heavy (non-hydrogen) atoms. The molecule has 0 radical (unpaired) electrons. The van der Waals surface area contributed by atoms with E-state index in [1.54, 1.807) is 0 Å². The third-order valence-electron chi connectivity index (χ3n) is 6.66. The topological polar surface area (TPSA) is 35.9 Å². The van der Waals surface area contributed by atoms with Gasteiger partial charge in [-0.05, 0) is 69.4 Å². The Bertz CT molecular complexity index is 936. The van der Waals surface area contributed by atoms with Gasteiger partial charge in [0.2, 0.25) is 0 Å². The van der Waals surface area contributed by atoms with Gasteiger partial charge in [0.05, 0.1) is 0 Å². The quantitative estimate of drug-likeness (QED) is 0.735. The van der Waals surface area contributed by atoms with E-state index in [-0.39, 0.29) is 0 Å². The summed E-state index contributed by atoms with van der Waals surface area (Å²) in [6, 6.07) is 10.6. The van der Waals surface area contributed by atoms with Crippen LogP contribution in [-0.4, -0.2) is 46.8 Å². The third-order valence-corrected chi connectivity index (χ3v) is 7.35. The van der Waals surface area contributed by atoms with E-state index in [9.17, 15) is 5.11 Å². The fourth-order valence-corrected chi connectivity index (χ4v) is 4.87. The van der Waals surface area contributed by atoms with Crippen LogP contribution in [0.25, 0.3) is 0 Å². The molecule has 0 aromatic heterocycles. The van der Waals surface area contributed by atoms with Gasteiger partial charge in [-0.25, -0.2) is 0 Å². The molecule has 1 fully saturated rings. The lowest BCUT2D eigenvalue weighted by atomic mass is 9.86. The van der Waals surface area contributed by atoms with Crippen molar-refractivity contribution in [2.45, 2.75) is 46.1 Å². The molecule has 0 aliphatic carbocycles. The molecule has 154 valence electrons. The second-order valence-electron chi connectivity index (χ2n) is 8.48. The zero-order chi connectivity index (χ0) is 20.8. The summed E-state index contributed by atoms with van der Waals surface area (Å²) < 4.78 is 6.59. The number of rotatable bonds is 2. The first-order valence-corrected chi connectivity index (χ1v) is 10.8. The minimum atomic E-state index is -0.488. The summed E-state index contributed by atoms with van der Waals surface area (Å²) in [5.41, 5.74) is 4.76. The molecular formula is C24H30N2O2S. The van der Waals surface area contributed by atoms with Gasteiger partial charge in [-0.15, -0.1) is 0 Å². The van der Waals surface area contributed by atoms with Gasteiger partial charge in [0.1, 0.15) is 16.5 Å². The summed E-state index contributed by atoms with van der Waals surface area (Å²) in [4.78, 5) is 5.63. The van der Waals surface area contributed by atoms with Crippen molar-refractivity contribution in [2.75, 3.05) is 31.1 Å². The van der Waals surface area contributed by atoms with Crippen LogP contribution in [0.1, 0.15) is 35.6 Å². The number of fused-ring (bicyclic) bond motifs is 1. The lowest BCUT2D eigenvalue weighted by Crippen LogP contribution is -2.57. The van der Waals surface area contributed by atoms with Gasteiger partial charge in [-0.1, -0.05) is 30.4 Å². The average molecular weight is 411 g/mol. The fraction of sp³-hybridized carbons (Fsp3) is 0.458. The third kappa shape index (κ3) is 3.46. The highest BCUT2D eigenvalue weighted by atomic mass is 32.1. The molecule has 1 saturated heterocycles. The van der Waals surface area contributed by atoms with Crippen molar-refractivity contribution < 1.29 is 9.84 Å². The highest BCUT2D eigenvalue weighted by molar-refractivity contribution is 7.80. The van der Waals surface area contributed by atoms with Crippen LogP contribution in [0.4, 0.5) is 5.69 Å². The monoisotopic (exact) mass is 410 g/mol. The molecule has 2 aliphatic rings. The van der Waals surface area contributed by atoms with Crippen LogP contribution in [0.5, 0.6) is 11.5 Å². The molecule has 2 aromatic rings. The smallest absolute Gasteiger partial charge is 0.156 e. The molecule has 1 unspecified atom stereocenters. The van der Waals surface area contributed by atoms with Crippen molar-refractivity contribution in [1.82, 2.24) is 4.90 Å². The molecule has 5 heteroatoms. The number of phenolic OH excluding ortho intramolecular Hbond substituents is 1. The number of hydrogen-bond acceptors (Lipinski definition) is 4. The maximum Gasteiger partial charge on any atom is 0.156 e. The number of anilines is 1. The van der Waals surface area contributed by atoms with Gasteiger partial charge in [0.15, 0.2) is 5.60 Å². The SMILES string of the molecule is Cc1c(C)c2c(c(C)c1O)CCC(C)(C(=S)N1CCN(c3ccccc3)CC1)O2. The predicted octanol–water partition coefficient (Wildman–Crippen LogP) is 4.55.